The Morgan fingerprint density at radius 1 is 1.44 bits per heavy atom. The molecule has 2 atom stereocenters. The average molecular weight is 260 g/mol. The van der Waals surface area contributed by atoms with Gasteiger partial charge in [-0.2, -0.15) is 0 Å². The summed E-state index contributed by atoms with van der Waals surface area (Å²) in [6, 6.07) is 0. The predicted molar refractivity (Wildman–Crippen MR) is 66.1 cm³/mol. The van der Waals surface area contributed by atoms with Crippen molar-refractivity contribution in [2.75, 3.05) is 26.4 Å². The largest absolute Gasteiger partial charge is 0.374 e. The zero-order valence-corrected chi connectivity index (χ0v) is 11.5. The molecule has 5 heteroatoms. The minimum atomic E-state index is -0.484. The topological polar surface area (TPSA) is 54.0 Å². The van der Waals surface area contributed by atoms with E-state index in [4.69, 9.17) is 18.9 Å². The zero-order valence-electron chi connectivity index (χ0n) is 11.5. The first kappa shape index (κ1) is 15.6. The molecule has 0 aromatic rings. The number of Topliss-reactive ketones (excluding diaryl/α,β-unsaturated/α-hetero) is 1. The molecule has 2 unspecified atom stereocenters. The van der Waals surface area contributed by atoms with Gasteiger partial charge in [0.2, 0.25) is 0 Å². The Hall–Kier alpha value is -0.490. The Bertz CT molecular complexity index is 242. The van der Waals surface area contributed by atoms with Crippen LogP contribution in [-0.4, -0.2) is 44.8 Å². The van der Waals surface area contributed by atoms with E-state index >= 15 is 0 Å². The lowest BCUT2D eigenvalue weighted by molar-refractivity contribution is -0.152. The van der Waals surface area contributed by atoms with E-state index in [1.807, 2.05) is 6.92 Å². The van der Waals surface area contributed by atoms with Crippen molar-refractivity contribution in [3.05, 3.63) is 0 Å². The molecule has 0 spiro atoms. The Morgan fingerprint density at radius 2 is 2.22 bits per heavy atom. The third kappa shape index (κ3) is 6.44. The standard InChI is InChI=1S/C13H24O5/c1-4-16-13-9-17-12(18-13)7-11(14)8-15-6-5-10(2)3/h10,12-13H,4-9H2,1-3H3. The smallest absolute Gasteiger partial charge is 0.184 e. The van der Waals surface area contributed by atoms with Gasteiger partial charge >= 0.3 is 0 Å². The molecular weight excluding hydrogens is 236 g/mol. The van der Waals surface area contributed by atoms with E-state index in [0.717, 1.165) is 6.42 Å². The van der Waals surface area contributed by atoms with Crippen LogP contribution in [0.1, 0.15) is 33.6 Å². The van der Waals surface area contributed by atoms with Crippen LogP contribution in [0, 0.1) is 5.92 Å². The molecule has 18 heavy (non-hydrogen) atoms. The normalized spacial score (nSPS) is 23.8. The fraction of sp³-hybridized carbons (Fsp3) is 0.923. The molecule has 0 aromatic carbocycles. The van der Waals surface area contributed by atoms with Crippen molar-refractivity contribution in [3.8, 4) is 0 Å². The van der Waals surface area contributed by atoms with Gasteiger partial charge in [0.25, 0.3) is 0 Å². The van der Waals surface area contributed by atoms with Crippen molar-refractivity contribution in [3.63, 3.8) is 0 Å². The molecule has 106 valence electrons. The van der Waals surface area contributed by atoms with Crippen molar-refractivity contribution < 1.29 is 23.7 Å². The summed E-state index contributed by atoms with van der Waals surface area (Å²) in [7, 11) is 0. The number of rotatable bonds is 9. The third-order valence-corrected chi connectivity index (χ3v) is 2.57. The van der Waals surface area contributed by atoms with Crippen molar-refractivity contribution >= 4 is 5.78 Å². The minimum Gasteiger partial charge on any atom is -0.374 e. The van der Waals surface area contributed by atoms with Gasteiger partial charge in [0.05, 0.1) is 6.42 Å². The van der Waals surface area contributed by atoms with Gasteiger partial charge in [0.1, 0.15) is 13.2 Å². The monoisotopic (exact) mass is 260 g/mol. The van der Waals surface area contributed by atoms with E-state index in [2.05, 4.69) is 13.8 Å². The van der Waals surface area contributed by atoms with E-state index in [-0.39, 0.29) is 25.1 Å². The highest BCUT2D eigenvalue weighted by molar-refractivity contribution is 5.79. The van der Waals surface area contributed by atoms with Gasteiger partial charge in [-0.05, 0) is 19.3 Å². The highest BCUT2D eigenvalue weighted by Crippen LogP contribution is 2.15. The van der Waals surface area contributed by atoms with Gasteiger partial charge < -0.3 is 18.9 Å². The van der Waals surface area contributed by atoms with Gasteiger partial charge in [0, 0.05) is 13.2 Å². The number of ether oxygens (including phenoxy) is 4. The first-order valence-corrected chi connectivity index (χ1v) is 6.60. The van der Waals surface area contributed by atoms with Crippen LogP contribution in [0.3, 0.4) is 0 Å². The molecular formula is C13H24O5. The van der Waals surface area contributed by atoms with Crippen LogP contribution in [0.15, 0.2) is 0 Å². The molecule has 5 nitrogen and oxygen atoms in total. The van der Waals surface area contributed by atoms with Gasteiger partial charge in [-0.3, -0.25) is 4.79 Å². The summed E-state index contributed by atoms with van der Waals surface area (Å²) in [5.41, 5.74) is 0. The number of ketones is 1. The van der Waals surface area contributed by atoms with E-state index in [1.54, 1.807) is 0 Å². The van der Waals surface area contributed by atoms with Gasteiger partial charge in [-0.1, -0.05) is 13.8 Å². The maximum absolute atomic E-state index is 11.6. The van der Waals surface area contributed by atoms with Gasteiger partial charge in [0.15, 0.2) is 18.4 Å². The Balaban J connectivity index is 2.06. The molecule has 1 saturated heterocycles. The highest BCUT2D eigenvalue weighted by atomic mass is 16.8. The van der Waals surface area contributed by atoms with Crippen molar-refractivity contribution in [2.24, 2.45) is 5.92 Å². The van der Waals surface area contributed by atoms with Crippen LogP contribution >= 0.6 is 0 Å². The molecule has 1 fully saturated rings. The van der Waals surface area contributed by atoms with Crippen LogP contribution in [0.25, 0.3) is 0 Å². The molecule has 0 radical (unpaired) electrons. The molecule has 1 aliphatic rings. The molecule has 0 bridgehead atoms. The van der Waals surface area contributed by atoms with Crippen molar-refractivity contribution in [2.45, 2.75) is 46.2 Å². The van der Waals surface area contributed by atoms with E-state index in [9.17, 15) is 4.79 Å². The number of carbonyl (C=O) groups excluding carboxylic acids is 1. The minimum absolute atomic E-state index is 0.000838. The van der Waals surface area contributed by atoms with Crippen molar-refractivity contribution in [1.29, 1.82) is 0 Å². The second-order valence-corrected chi connectivity index (χ2v) is 4.76. The average Bonchev–Trinajstić information content (AvgIpc) is 2.72. The van der Waals surface area contributed by atoms with Crippen molar-refractivity contribution in [1.82, 2.24) is 0 Å². The lowest BCUT2D eigenvalue weighted by Gasteiger charge is -2.11. The second-order valence-electron chi connectivity index (χ2n) is 4.76. The fourth-order valence-corrected chi connectivity index (χ4v) is 1.56. The van der Waals surface area contributed by atoms with E-state index < -0.39 is 6.29 Å². The number of hydrogen-bond donors (Lipinski definition) is 0. The van der Waals surface area contributed by atoms with Crippen LogP contribution in [-0.2, 0) is 23.7 Å². The molecule has 1 heterocycles. The first-order valence-electron chi connectivity index (χ1n) is 6.60. The zero-order chi connectivity index (χ0) is 13.4. The summed E-state index contributed by atoms with van der Waals surface area (Å²) in [5, 5.41) is 0. The van der Waals surface area contributed by atoms with Crippen LogP contribution < -0.4 is 0 Å². The fourth-order valence-electron chi connectivity index (χ4n) is 1.56. The summed E-state index contributed by atoms with van der Waals surface area (Å²) in [6.07, 6.45) is 0.374. The predicted octanol–water partition coefficient (Wildman–Crippen LogP) is 1.74. The summed E-state index contributed by atoms with van der Waals surface area (Å²) in [4.78, 5) is 11.6. The summed E-state index contributed by atoms with van der Waals surface area (Å²) in [5.74, 6) is 0.592. The molecule has 1 aliphatic heterocycles. The lowest BCUT2D eigenvalue weighted by Crippen LogP contribution is -2.20. The van der Waals surface area contributed by atoms with E-state index in [0.29, 0.717) is 25.7 Å². The molecule has 0 saturated carbocycles. The number of carbonyl (C=O) groups is 1. The summed E-state index contributed by atoms with van der Waals surface area (Å²) >= 11 is 0. The third-order valence-electron chi connectivity index (χ3n) is 2.57. The Labute approximate surface area is 109 Å². The second kappa shape index (κ2) is 8.58. The molecule has 0 amide bonds. The highest BCUT2D eigenvalue weighted by Gasteiger charge is 2.27. The Morgan fingerprint density at radius 3 is 2.89 bits per heavy atom. The molecule has 1 rings (SSSR count). The molecule has 0 aromatic heterocycles. The lowest BCUT2D eigenvalue weighted by atomic mass is 10.1. The Kier molecular flexibility index (Phi) is 7.42. The van der Waals surface area contributed by atoms with Crippen LogP contribution in [0.4, 0.5) is 0 Å². The maximum atomic E-state index is 11.6. The van der Waals surface area contributed by atoms with Gasteiger partial charge in [-0.15, -0.1) is 0 Å². The maximum Gasteiger partial charge on any atom is 0.184 e. The summed E-state index contributed by atoms with van der Waals surface area (Å²) < 4.78 is 21.3. The van der Waals surface area contributed by atoms with E-state index in [1.165, 1.54) is 0 Å². The van der Waals surface area contributed by atoms with Crippen LogP contribution in [0.2, 0.25) is 0 Å². The summed E-state index contributed by atoms with van der Waals surface area (Å²) in [6.45, 7) is 7.86. The molecule has 0 aliphatic carbocycles. The van der Waals surface area contributed by atoms with Gasteiger partial charge in [-0.25, -0.2) is 0 Å². The quantitative estimate of drug-likeness (QED) is 0.591. The first-order chi connectivity index (χ1) is 8.61. The number of hydrogen-bond acceptors (Lipinski definition) is 5. The van der Waals surface area contributed by atoms with Crippen LogP contribution in [0.5, 0.6) is 0 Å². The SMILES string of the molecule is CCOC1COC(CC(=O)COCCC(C)C)O1. The molecule has 0 N–H and O–H groups in total.